The van der Waals surface area contributed by atoms with Gasteiger partial charge in [-0.2, -0.15) is 19.9 Å². The predicted octanol–water partition coefficient (Wildman–Crippen LogP) is -0.145. The molecule has 0 saturated heterocycles. The number of hydrogen-bond acceptors (Lipinski definition) is 5. The molecule has 40 valence electrons. The SMILES string of the molecule is N#CS[P+](O)(O)O. The molecule has 0 heterocycles. The monoisotopic (exact) mass is 140 g/mol. The van der Waals surface area contributed by atoms with Gasteiger partial charge in [-0.3, -0.25) is 0 Å². The van der Waals surface area contributed by atoms with Crippen molar-refractivity contribution in [2.75, 3.05) is 0 Å². The first-order valence-electron chi connectivity index (χ1n) is 1.21. The molecule has 0 radical (unpaired) electrons. The van der Waals surface area contributed by atoms with Gasteiger partial charge in [0, 0.05) is 0 Å². The molecule has 0 rings (SSSR count). The molecule has 4 nitrogen and oxygen atoms in total. The molecule has 0 aromatic carbocycles. The smallest absolute Gasteiger partial charge is 0.183 e. The Labute approximate surface area is 44.7 Å². The van der Waals surface area contributed by atoms with Gasteiger partial charge in [0.05, 0.1) is 0 Å². The second-order valence-electron chi connectivity index (χ2n) is 0.696. The highest BCUT2D eigenvalue weighted by Crippen LogP contribution is 2.57. The van der Waals surface area contributed by atoms with E-state index >= 15 is 0 Å². The number of nitriles is 1. The van der Waals surface area contributed by atoms with Crippen molar-refractivity contribution in [3.63, 3.8) is 0 Å². The van der Waals surface area contributed by atoms with Gasteiger partial charge in [-0.25, -0.2) is 0 Å². The molecule has 0 fully saturated rings. The lowest BCUT2D eigenvalue weighted by molar-refractivity contribution is 0.358. The Kier molecular flexibility index (Phi) is 2.51. The van der Waals surface area contributed by atoms with Gasteiger partial charge in [-0.1, -0.05) is 0 Å². The zero-order chi connectivity index (χ0) is 5.91. The van der Waals surface area contributed by atoms with Crippen LogP contribution in [0.4, 0.5) is 0 Å². The predicted molar refractivity (Wildman–Crippen MR) is 26.8 cm³/mol. The van der Waals surface area contributed by atoms with Gasteiger partial charge in [0.15, 0.2) is 5.40 Å². The summed E-state index contributed by atoms with van der Waals surface area (Å²) < 4.78 is 0. The summed E-state index contributed by atoms with van der Waals surface area (Å²) in [5.41, 5.74) is 0. The normalized spacial score (nSPS) is 10.6. The molecular weight excluding hydrogens is 137 g/mol. The quantitative estimate of drug-likeness (QED) is 0.348. The molecule has 0 aliphatic rings. The van der Waals surface area contributed by atoms with E-state index in [-0.39, 0.29) is 11.4 Å². The summed E-state index contributed by atoms with van der Waals surface area (Å²) in [5.74, 6) is 0. The number of hydrogen-bond donors (Lipinski definition) is 3. The van der Waals surface area contributed by atoms with E-state index < -0.39 is 7.15 Å². The summed E-state index contributed by atoms with van der Waals surface area (Å²) in [6, 6.07) is 0. The van der Waals surface area contributed by atoms with Crippen LogP contribution < -0.4 is 0 Å². The fourth-order valence-corrected chi connectivity index (χ4v) is 0.493. The summed E-state index contributed by atoms with van der Waals surface area (Å²) in [4.78, 5) is 23.9. The first kappa shape index (κ1) is 7.15. The van der Waals surface area contributed by atoms with Crippen molar-refractivity contribution in [1.29, 1.82) is 5.26 Å². The third kappa shape index (κ3) is 6.15. The molecule has 6 heteroatoms. The van der Waals surface area contributed by atoms with Gasteiger partial charge in [0.25, 0.3) is 0 Å². The molecule has 7 heavy (non-hydrogen) atoms. The number of thiocyanates is 1. The maximum absolute atomic E-state index is 7.98. The lowest BCUT2D eigenvalue weighted by atomic mass is 11.8. The van der Waals surface area contributed by atoms with Crippen molar-refractivity contribution < 1.29 is 14.7 Å². The zero-order valence-corrected chi connectivity index (χ0v) is 4.86. The highest BCUT2D eigenvalue weighted by molar-refractivity contribution is 8.59. The van der Waals surface area contributed by atoms with Gasteiger partial charge < -0.3 is 0 Å². The van der Waals surface area contributed by atoms with E-state index in [1.54, 1.807) is 0 Å². The molecule has 3 N–H and O–H groups in total. The highest BCUT2D eigenvalue weighted by atomic mass is 32.7. The van der Waals surface area contributed by atoms with Crippen LogP contribution in [-0.2, 0) is 0 Å². The fraction of sp³-hybridized carbons (Fsp3) is 0. The van der Waals surface area contributed by atoms with Crippen molar-refractivity contribution in [2.45, 2.75) is 0 Å². The van der Waals surface area contributed by atoms with Crippen LogP contribution in [0.2, 0.25) is 0 Å². The second-order valence-corrected chi connectivity index (χ2v) is 4.10. The van der Waals surface area contributed by atoms with Gasteiger partial charge in [-0.15, -0.1) is 0 Å². The van der Waals surface area contributed by atoms with Crippen molar-refractivity contribution in [3.8, 4) is 5.40 Å². The topological polar surface area (TPSA) is 84.5 Å². The van der Waals surface area contributed by atoms with Crippen LogP contribution in [0.15, 0.2) is 0 Å². The van der Waals surface area contributed by atoms with Crippen molar-refractivity contribution in [2.24, 2.45) is 0 Å². The minimum Gasteiger partial charge on any atom is -0.183 e. The average Bonchev–Trinajstić information content (AvgIpc) is 1.30. The maximum atomic E-state index is 7.98. The van der Waals surface area contributed by atoms with Crippen LogP contribution in [-0.4, -0.2) is 14.7 Å². The molecule has 0 atom stereocenters. The molecule has 0 saturated carbocycles. The van der Waals surface area contributed by atoms with E-state index in [0.717, 1.165) is 0 Å². The summed E-state index contributed by atoms with van der Waals surface area (Å²) in [6.45, 7) is 0. The minimum atomic E-state index is -3.86. The third-order valence-electron chi connectivity index (χ3n) is 0.163. The van der Waals surface area contributed by atoms with Crippen molar-refractivity contribution in [1.82, 2.24) is 0 Å². The summed E-state index contributed by atoms with van der Waals surface area (Å²) in [7, 11) is -3.86. The standard InChI is InChI=1S/CH3NO3PS/c2-1-7-6(3,4)5/h3-5H/q+1. The molecular formula is CH3NO3PS+. The second kappa shape index (κ2) is 2.46. The molecule has 0 bridgehead atoms. The van der Waals surface area contributed by atoms with Crippen LogP contribution in [0.5, 0.6) is 0 Å². The molecule has 0 aliphatic carbocycles. The average molecular weight is 140 g/mol. The largest absolute Gasteiger partial charge is 0.489 e. The Balaban J connectivity index is 3.40. The Morgan fingerprint density at radius 1 is 1.43 bits per heavy atom. The molecule has 0 aliphatic heterocycles. The van der Waals surface area contributed by atoms with Crippen molar-refractivity contribution in [3.05, 3.63) is 0 Å². The zero-order valence-electron chi connectivity index (χ0n) is 3.14. The van der Waals surface area contributed by atoms with Crippen LogP contribution >= 0.6 is 18.5 Å². The number of rotatable bonds is 1. The Morgan fingerprint density at radius 3 is 1.86 bits per heavy atom. The van der Waals surface area contributed by atoms with Crippen molar-refractivity contribution >= 4 is 18.5 Å². The van der Waals surface area contributed by atoms with Gasteiger partial charge in [0.1, 0.15) is 0 Å². The molecule has 0 spiro atoms. The number of nitrogens with zero attached hydrogens (tertiary/aromatic N) is 1. The van der Waals surface area contributed by atoms with E-state index in [9.17, 15) is 0 Å². The minimum absolute atomic E-state index is 0.0718. The lowest BCUT2D eigenvalue weighted by Crippen LogP contribution is -1.75. The molecule has 0 aromatic rings. The Hall–Kier alpha value is 0.150. The van der Waals surface area contributed by atoms with Crippen LogP contribution in [0.25, 0.3) is 0 Å². The van der Waals surface area contributed by atoms with Gasteiger partial charge in [0.2, 0.25) is 11.4 Å². The van der Waals surface area contributed by atoms with Crippen LogP contribution in [0.1, 0.15) is 0 Å². The van der Waals surface area contributed by atoms with E-state index in [1.807, 2.05) is 0 Å². The van der Waals surface area contributed by atoms with Gasteiger partial charge >= 0.3 is 7.15 Å². The van der Waals surface area contributed by atoms with E-state index in [0.29, 0.717) is 0 Å². The summed E-state index contributed by atoms with van der Waals surface area (Å²) in [5, 5.41) is 8.99. The molecule has 0 aromatic heterocycles. The Morgan fingerprint density at radius 2 is 1.86 bits per heavy atom. The van der Waals surface area contributed by atoms with E-state index in [2.05, 4.69) is 0 Å². The first-order valence-corrected chi connectivity index (χ1v) is 4.28. The van der Waals surface area contributed by atoms with E-state index in [4.69, 9.17) is 19.9 Å². The third-order valence-corrected chi connectivity index (χ3v) is 1.47. The fourth-order valence-electron chi connectivity index (χ4n) is 0.0548. The summed E-state index contributed by atoms with van der Waals surface area (Å²) >= 11 is 0.0718. The van der Waals surface area contributed by atoms with Gasteiger partial charge in [-0.05, 0) is 0 Å². The Bertz CT molecular complexity index is 92.1. The molecule has 0 amide bonds. The maximum Gasteiger partial charge on any atom is 0.489 e. The van der Waals surface area contributed by atoms with Crippen LogP contribution in [0.3, 0.4) is 0 Å². The summed E-state index contributed by atoms with van der Waals surface area (Å²) in [6.07, 6.45) is 0. The lowest BCUT2D eigenvalue weighted by Gasteiger charge is -1.89. The van der Waals surface area contributed by atoms with Crippen LogP contribution in [0, 0.1) is 10.7 Å². The van der Waals surface area contributed by atoms with E-state index in [1.165, 1.54) is 5.40 Å². The highest BCUT2D eigenvalue weighted by Gasteiger charge is 2.32. The first-order chi connectivity index (χ1) is 3.06. The molecule has 0 unspecified atom stereocenters.